The summed E-state index contributed by atoms with van der Waals surface area (Å²) in [7, 11) is 0. The Morgan fingerprint density at radius 3 is 2.11 bits per heavy atom. The quantitative estimate of drug-likeness (QED) is 0.692. The van der Waals surface area contributed by atoms with Crippen LogP contribution in [-0.2, 0) is 0 Å². The van der Waals surface area contributed by atoms with Gasteiger partial charge < -0.3 is 0 Å². The normalized spacial score (nSPS) is 12.5. The topological polar surface area (TPSA) is 0 Å². The third-order valence-corrected chi connectivity index (χ3v) is 3.71. The number of alkyl halides is 1. The van der Waals surface area contributed by atoms with Crippen molar-refractivity contribution in [1.29, 1.82) is 0 Å². The van der Waals surface area contributed by atoms with E-state index in [1.54, 1.807) is 13.0 Å². The molecular weight excluding hydrogens is 305 g/mol. The highest BCUT2D eigenvalue weighted by atomic mass is 79.9. The second-order valence-corrected chi connectivity index (χ2v) is 4.92. The number of hydrogen-bond acceptors (Lipinski definition) is 0. The molecule has 0 spiro atoms. The molecule has 2 rings (SSSR count). The first-order valence-electron chi connectivity index (χ1n) is 5.34. The molecule has 0 fully saturated rings. The molecule has 2 aromatic carbocycles. The molecule has 2 aromatic rings. The summed E-state index contributed by atoms with van der Waals surface area (Å²) in [5.74, 6) is -1.59. The molecule has 0 N–H and O–H groups in total. The molecule has 0 amide bonds. The van der Waals surface area contributed by atoms with Gasteiger partial charge in [0.05, 0.1) is 4.83 Å². The van der Waals surface area contributed by atoms with Crippen LogP contribution in [0.3, 0.4) is 0 Å². The van der Waals surface area contributed by atoms with Crippen molar-refractivity contribution < 1.29 is 13.2 Å². The molecule has 0 radical (unpaired) electrons. The Hall–Kier alpha value is -1.29. The highest BCUT2D eigenvalue weighted by molar-refractivity contribution is 9.09. The third-order valence-electron chi connectivity index (χ3n) is 2.73. The number of rotatable bonds is 2. The monoisotopic (exact) mass is 314 g/mol. The van der Waals surface area contributed by atoms with Crippen molar-refractivity contribution in [2.75, 3.05) is 0 Å². The summed E-state index contributed by atoms with van der Waals surface area (Å²) in [5.41, 5.74) is 0.982. The van der Waals surface area contributed by atoms with Crippen LogP contribution in [0, 0.1) is 24.4 Å². The Morgan fingerprint density at radius 1 is 0.944 bits per heavy atom. The van der Waals surface area contributed by atoms with E-state index in [0.29, 0.717) is 11.1 Å². The molecular formula is C14H10BrF3. The van der Waals surface area contributed by atoms with E-state index >= 15 is 0 Å². The Bertz CT molecular complexity index is 561. The molecule has 0 heterocycles. The highest BCUT2D eigenvalue weighted by Crippen LogP contribution is 2.34. The van der Waals surface area contributed by atoms with Crippen molar-refractivity contribution in [2.45, 2.75) is 11.8 Å². The second kappa shape index (κ2) is 5.14. The Balaban J connectivity index is 2.48. The summed E-state index contributed by atoms with van der Waals surface area (Å²) in [6.07, 6.45) is 0. The van der Waals surface area contributed by atoms with Gasteiger partial charge in [-0.15, -0.1) is 0 Å². The van der Waals surface area contributed by atoms with Crippen LogP contribution in [0.2, 0.25) is 0 Å². The largest absolute Gasteiger partial charge is 0.207 e. The van der Waals surface area contributed by atoms with Crippen molar-refractivity contribution in [3.63, 3.8) is 0 Å². The molecule has 0 saturated carbocycles. The van der Waals surface area contributed by atoms with Gasteiger partial charge in [0, 0.05) is 5.56 Å². The van der Waals surface area contributed by atoms with Gasteiger partial charge in [-0.05, 0) is 36.2 Å². The van der Waals surface area contributed by atoms with Gasteiger partial charge in [0.15, 0.2) is 0 Å². The molecule has 94 valence electrons. The van der Waals surface area contributed by atoms with Crippen LogP contribution in [0.15, 0.2) is 36.4 Å². The minimum atomic E-state index is -0.641. The molecule has 1 unspecified atom stereocenters. The highest BCUT2D eigenvalue weighted by Gasteiger charge is 2.19. The molecule has 18 heavy (non-hydrogen) atoms. The van der Waals surface area contributed by atoms with Crippen LogP contribution in [0.25, 0.3) is 0 Å². The van der Waals surface area contributed by atoms with E-state index < -0.39 is 16.5 Å². The first kappa shape index (κ1) is 13.1. The van der Waals surface area contributed by atoms with Gasteiger partial charge in [0.1, 0.15) is 17.5 Å². The van der Waals surface area contributed by atoms with Gasteiger partial charge in [0.25, 0.3) is 0 Å². The van der Waals surface area contributed by atoms with Gasteiger partial charge >= 0.3 is 0 Å². The fraction of sp³-hybridized carbons (Fsp3) is 0.143. The lowest BCUT2D eigenvalue weighted by molar-refractivity contribution is 0.560. The Labute approximate surface area is 112 Å². The predicted molar refractivity (Wildman–Crippen MR) is 68.3 cm³/mol. The number of halogens is 4. The molecule has 4 heteroatoms. The molecule has 0 nitrogen and oxygen atoms in total. The molecule has 1 atom stereocenters. The average molecular weight is 315 g/mol. The van der Waals surface area contributed by atoms with E-state index in [0.717, 1.165) is 0 Å². The lowest BCUT2D eigenvalue weighted by Gasteiger charge is -2.13. The van der Waals surface area contributed by atoms with Gasteiger partial charge in [-0.2, -0.15) is 0 Å². The summed E-state index contributed by atoms with van der Waals surface area (Å²) in [6.45, 7) is 1.61. The first-order chi connectivity index (χ1) is 8.50. The van der Waals surface area contributed by atoms with Gasteiger partial charge in [-0.25, -0.2) is 13.2 Å². The van der Waals surface area contributed by atoms with Crippen LogP contribution < -0.4 is 0 Å². The van der Waals surface area contributed by atoms with Crippen LogP contribution in [0.5, 0.6) is 0 Å². The minimum absolute atomic E-state index is 0.0662. The number of benzene rings is 2. The van der Waals surface area contributed by atoms with Crippen LogP contribution in [0.4, 0.5) is 13.2 Å². The van der Waals surface area contributed by atoms with Crippen molar-refractivity contribution in [1.82, 2.24) is 0 Å². The zero-order chi connectivity index (χ0) is 13.3. The lowest BCUT2D eigenvalue weighted by atomic mass is 10.0. The van der Waals surface area contributed by atoms with Crippen molar-refractivity contribution in [2.24, 2.45) is 0 Å². The molecule has 0 aliphatic heterocycles. The summed E-state index contributed by atoms with van der Waals surface area (Å²) >= 11 is 3.25. The number of hydrogen-bond donors (Lipinski definition) is 0. The van der Waals surface area contributed by atoms with Crippen LogP contribution in [-0.4, -0.2) is 0 Å². The molecule has 0 aromatic heterocycles. The van der Waals surface area contributed by atoms with Gasteiger partial charge in [-0.1, -0.05) is 34.1 Å². The van der Waals surface area contributed by atoms with Gasteiger partial charge in [0.2, 0.25) is 0 Å². The van der Waals surface area contributed by atoms with Crippen LogP contribution >= 0.6 is 15.9 Å². The maximum Gasteiger partial charge on any atom is 0.130 e. The fourth-order valence-corrected chi connectivity index (χ4v) is 2.47. The van der Waals surface area contributed by atoms with Gasteiger partial charge in [-0.3, -0.25) is 0 Å². The molecule has 0 aliphatic rings. The van der Waals surface area contributed by atoms with E-state index in [1.807, 2.05) is 0 Å². The standard InChI is InChI=1S/C14H10BrF3/c1-8-7-9(5-6-10(8)16)14(15)13-11(17)3-2-4-12(13)18/h2-7,14H,1H3. The maximum atomic E-state index is 13.6. The van der Waals surface area contributed by atoms with Crippen molar-refractivity contribution in [3.05, 3.63) is 70.5 Å². The molecule has 0 aliphatic carbocycles. The Morgan fingerprint density at radius 2 is 1.56 bits per heavy atom. The molecule has 0 bridgehead atoms. The van der Waals surface area contributed by atoms with E-state index in [2.05, 4.69) is 15.9 Å². The maximum absolute atomic E-state index is 13.6. The predicted octanol–water partition coefficient (Wildman–Crippen LogP) is 4.90. The fourth-order valence-electron chi connectivity index (χ4n) is 1.75. The zero-order valence-corrected chi connectivity index (χ0v) is 11.1. The van der Waals surface area contributed by atoms with Crippen molar-refractivity contribution >= 4 is 15.9 Å². The van der Waals surface area contributed by atoms with E-state index in [1.165, 1.54) is 30.3 Å². The average Bonchev–Trinajstić information content (AvgIpc) is 2.32. The summed E-state index contributed by atoms with van der Waals surface area (Å²) < 4.78 is 40.4. The van der Waals surface area contributed by atoms with E-state index in [-0.39, 0.29) is 11.4 Å². The Kier molecular flexibility index (Phi) is 3.76. The number of aryl methyl sites for hydroxylation is 1. The van der Waals surface area contributed by atoms with Crippen molar-refractivity contribution in [3.8, 4) is 0 Å². The minimum Gasteiger partial charge on any atom is -0.207 e. The van der Waals surface area contributed by atoms with Crippen LogP contribution in [0.1, 0.15) is 21.5 Å². The molecule has 0 saturated heterocycles. The summed E-state index contributed by atoms with van der Waals surface area (Å²) in [4.78, 5) is -0.641. The zero-order valence-electron chi connectivity index (χ0n) is 9.55. The SMILES string of the molecule is Cc1cc(C(Br)c2c(F)cccc2F)ccc1F. The summed E-state index contributed by atoms with van der Waals surface area (Å²) in [5, 5.41) is 0. The first-order valence-corrected chi connectivity index (χ1v) is 6.26. The second-order valence-electron chi connectivity index (χ2n) is 4.01. The smallest absolute Gasteiger partial charge is 0.130 e. The summed E-state index contributed by atoms with van der Waals surface area (Å²) in [6, 6.07) is 8.07. The van der Waals surface area contributed by atoms with E-state index in [9.17, 15) is 13.2 Å². The lowest BCUT2D eigenvalue weighted by Crippen LogP contribution is -2.01. The van der Waals surface area contributed by atoms with E-state index in [4.69, 9.17) is 0 Å². The third kappa shape index (κ3) is 2.43.